The Morgan fingerprint density at radius 2 is 2.04 bits per heavy atom. The fraction of sp³-hybridized carbons (Fsp3) is 0.562. The molecule has 3 N–H and O–H groups in total. The monoisotopic (exact) mass is 411 g/mol. The number of benzene rings is 1. The number of ether oxygens (including phenoxy) is 1. The lowest BCUT2D eigenvalue weighted by molar-refractivity contribution is 0.0945. The number of anilines is 1. The van der Waals surface area contributed by atoms with E-state index < -0.39 is 11.2 Å². The van der Waals surface area contributed by atoms with Gasteiger partial charge in [-0.25, -0.2) is 0 Å². The van der Waals surface area contributed by atoms with Crippen molar-refractivity contribution >= 4 is 46.8 Å². The summed E-state index contributed by atoms with van der Waals surface area (Å²) < 4.78 is 16.7. The SMILES string of the molecule is CCN(CC)CCNC(=O)c1cc(Cl)c(N)cc1OCC[S+](C)[O-].Cl. The van der Waals surface area contributed by atoms with Crippen LogP contribution in [0.1, 0.15) is 24.2 Å². The topological polar surface area (TPSA) is 90.7 Å². The van der Waals surface area contributed by atoms with E-state index in [4.69, 9.17) is 22.1 Å². The number of nitrogen functional groups attached to an aromatic ring is 1. The minimum Gasteiger partial charge on any atom is -0.616 e. The molecule has 0 saturated carbocycles. The third kappa shape index (κ3) is 8.37. The smallest absolute Gasteiger partial charge is 0.255 e. The Labute approximate surface area is 164 Å². The largest absolute Gasteiger partial charge is 0.616 e. The van der Waals surface area contributed by atoms with Crippen LogP contribution in [0.5, 0.6) is 5.75 Å². The summed E-state index contributed by atoms with van der Waals surface area (Å²) in [7, 11) is 0. The van der Waals surface area contributed by atoms with Gasteiger partial charge in [0, 0.05) is 19.2 Å². The van der Waals surface area contributed by atoms with Gasteiger partial charge >= 0.3 is 0 Å². The maximum Gasteiger partial charge on any atom is 0.255 e. The molecule has 0 fully saturated rings. The van der Waals surface area contributed by atoms with Gasteiger partial charge in [-0.3, -0.25) is 4.79 Å². The summed E-state index contributed by atoms with van der Waals surface area (Å²) in [6.07, 6.45) is 1.60. The van der Waals surface area contributed by atoms with E-state index in [-0.39, 0.29) is 24.9 Å². The van der Waals surface area contributed by atoms with E-state index >= 15 is 0 Å². The van der Waals surface area contributed by atoms with Crippen LogP contribution in [0.3, 0.4) is 0 Å². The molecule has 9 heteroatoms. The summed E-state index contributed by atoms with van der Waals surface area (Å²) >= 11 is 5.06. The molecule has 1 aromatic carbocycles. The number of likely N-dealkylation sites (N-methyl/N-ethyl adjacent to an activating group) is 1. The number of carbonyl (C=O) groups is 1. The van der Waals surface area contributed by atoms with Crippen LogP contribution in [0.4, 0.5) is 5.69 Å². The van der Waals surface area contributed by atoms with Crippen LogP contribution in [-0.2, 0) is 11.2 Å². The molecular weight excluding hydrogens is 385 g/mol. The lowest BCUT2D eigenvalue weighted by Crippen LogP contribution is -2.35. The Morgan fingerprint density at radius 3 is 2.60 bits per heavy atom. The third-order valence-corrected chi connectivity index (χ3v) is 4.65. The quantitative estimate of drug-likeness (QED) is 0.454. The van der Waals surface area contributed by atoms with E-state index in [1.54, 1.807) is 6.26 Å². The van der Waals surface area contributed by atoms with Gasteiger partial charge < -0.3 is 25.2 Å². The van der Waals surface area contributed by atoms with Crippen molar-refractivity contribution in [1.29, 1.82) is 0 Å². The second-order valence-electron chi connectivity index (χ2n) is 5.28. The van der Waals surface area contributed by atoms with Crippen molar-refractivity contribution < 1.29 is 14.1 Å². The summed E-state index contributed by atoms with van der Waals surface area (Å²) in [5.41, 5.74) is 6.45. The highest BCUT2D eigenvalue weighted by Gasteiger charge is 2.16. The van der Waals surface area contributed by atoms with E-state index in [1.165, 1.54) is 12.1 Å². The Balaban J connectivity index is 0.00000576. The maximum absolute atomic E-state index is 12.4. The highest BCUT2D eigenvalue weighted by molar-refractivity contribution is 7.90. The van der Waals surface area contributed by atoms with E-state index in [2.05, 4.69) is 24.1 Å². The van der Waals surface area contributed by atoms with Crippen molar-refractivity contribution in [3.63, 3.8) is 0 Å². The van der Waals surface area contributed by atoms with Crippen molar-refractivity contribution in [2.75, 3.05) is 50.5 Å². The van der Waals surface area contributed by atoms with Crippen LogP contribution >= 0.6 is 24.0 Å². The van der Waals surface area contributed by atoms with E-state index in [0.717, 1.165) is 19.6 Å². The first-order chi connectivity index (χ1) is 11.4. The van der Waals surface area contributed by atoms with Crippen LogP contribution in [0.15, 0.2) is 12.1 Å². The molecule has 1 atom stereocenters. The van der Waals surface area contributed by atoms with E-state index in [1.807, 2.05) is 0 Å². The number of rotatable bonds is 10. The van der Waals surface area contributed by atoms with Crippen molar-refractivity contribution in [2.24, 2.45) is 0 Å². The normalized spacial score (nSPS) is 11.8. The highest BCUT2D eigenvalue weighted by Crippen LogP contribution is 2.29. The lowest BCUT2D eigenvalue weighted by Gasteiger charge is -2.18. The zero-order valence-electron chi connectivity index (χ0n) is 14.8. The number of hydrogen-bond donors (Lipinski definition) is 2. The van der Waals surface area contributed by atoms with Crippen molar-refractivity contribution in [2.45, 2.75) is 13.8 Å². The summed E-state index contributed by atoms with van der Waals surface area (Å²) in [5.74, 6) is 0.463. The molecule has 0 spiro atoms. The summed E-state index contributed by atoms with van der Waals surface area (Å²) in [6, 6.07) is 3.03. The molecule has 0 radical (unpaired) electrons. The van der Waals surface area contributed by atoms with Gasteiger partial charge in [0.25, 0.3) is 5.91 Å². The van der Waals surface area contributed by atoms with E-state index in [0.29, 0.717) is 34.3 Å². The molecule has 0 bridgehead atoms. The molecule has 0 saturated heterocycles. The number of nitrogens with zero attached hydrogens (tertiary/aromatic N) is 1. The van der Waals surface area contributed by atoms with E-state index in [9.17, 15) is 9.35 Å². The molecule has 1 aromatic rings. The van der Waals surface area contributed by atoms with Gasteiger partial charge in [-0.2, -0.15) is 0 Å². The van der Waals surface area contributed by atoms with Gasteiger partial charge in [0.15, 0.2) is 0 Å². The zero-order chi connectivity index (χ0) is 18.1. The van der Waals surface area contributed by atoms with Crippen molar-refractivity contribution in [3.05, 3.63) is 22.7 Å². The van der Waals surface area contributed by atoms with Crippen LogP contribution in [0.2, 0.25) is 5.02 Å². The third-order valence-electron chi connectivity index (χ3n) is 3.58. The number of nitrogens with two attached hydrogens (primary N) is 1. The second kappa shape index (κ2) is 12.5. The Morgan fingerprint density at radius 1 is 1.40 bits per heavy atom. The summed E-state index contributed by atoms with van der Waals surface area (Å²) in [4.78, 5) is 14.6. The Kier molecular flexibility index (Phi) is 12.1. The van der Waals surface area contributed by atoms with Crippen molar-refractivity contribution in [1.82, 2.24) is 10.2 Å². The van der Waals surface area contributed by atoms with Gasteiger partial charge in [-0.05, 0) is 19.2 Å². The first-order valence-corrected chi connectivity index (χ1v) is 10.0. The number of carbonyl (C=O) groups excluding carboxylic acids is 1. The van der Waals surface area contributed by atoms with Gasteiger partial charge in [-0.15, -0.1) is 12.4 Å². The molecule has 0 heterocycles. The fourth-order valence-corrected chi connectivity index (χ4v) is 2.58. The molecule has 144 valence electrons. The molecule has 0 aliphatic rings. The summed E-state index contributed by atoms with van der Waals surface area (Å²) in [6.45, 7) is 7.56. The average Bonchev–Trinajstić information content (AvgIpc) is 2.54. The van der Waals surface area contributed by atoms with Crippen LogP contribution < -0.4 is 15.8 Å². The molecule has 1 rings (SSSR count). The lowest BCUT2D eigenvalue weighted by atomic mass is 10.1. The second-order valence-corrected chi connectivity index (χ2v) is 7.24. The molecule has 1 amide bonds. The van der Waals surface area contributed by atoms with Crippen LogP contribution in [0, 0.1) is 0 Å². The number of nitrogens with one attached hydrogen (secondary N) is 1. The molecular formula is C16H27Cl2N3O3S. The molecule has 0 aliphatic heterocycles. The first kappa shape index (κ1) is 24.1. The molecule has 25 heavy (non-hydrogen) atoms. The Hall–Kier alpha value is -0.860. The van der Waals surface area contributed by atoms with Gasteiger partial charge in [0.2, 0.25) is 0 Å². The minimum absolute atomic E-state index is 0. The minimum atomic E-state index is -0.967. The fourth-order valence-electron chi connectivity index (χ4n) is 2.10. The van der Waals surface area contributed by atoms with Crippen molar-refractivity contribution in [3.8, 4) is 5.75 Å². The predicted octanol–water partition coefficient (Wildman–Crippen LogP) is 2.17. The predicted molar refractivity (Wildman–Crippen MR) is 108 cm³/mol. The molecule has 1 unspecified atom stereocenters. The number of halogens is 2. The summed E-state index contributed by atoms with van der Waals surface area (Å²) in [5, 5.41) is 3.17. The van der Waals surface area contributed by atoms with Gasteiger partial charge in [0.1, 0.15) is 18.1 Å². The van der Waals surface area contributed by atoms with Gasteiger partial charge in [-0.1, -0.05) is 36.6 Å². The molecule has 0 aliphatic carbocycles. The maximum atomic E-state index is 12.4. The van der Waals surface area contributed by atoms with Crippen LogP contribution in [0.25, 0.3) is 0 Å². The molecule has 0 aromatic heterocycles. The first-order valence-electron chi connectivity index (χ1n) is 7.91. The van der Waals surface area contributed by atoms with Crippen LogP contribution in [-0.4, -0.2) is 60.2 Å². The highest BCUT2D eigenvalue weighted by atomic mass is 35.5. The standard InChI is InChI=1S/C16H26ClN3O3S.ClH/c1-4-20(5-2)7-6-19-16(21)12-10-13(17)14(18)11-15(12)23-8-9-24(3)22;/h10-11H,4-9,18H2,1-3H3,(H,19,21);1H. The van der Waals surface area contributed by atoms with Gasteiger partial charge in [0.05, 0.1) is 22.5 Å². The number of hydrogen-bond acceptors (Lipinski definition) is 5. The average molecular weight is 412 g/mol. The zero-order valence-corrected chi connectivity index (χ0v) is 17.2. The Bertz CT molecular complexity index is 544. The number of amides is 1. The molecule has 6 nitrogen and oxygen atoms in total.